The molecule has 0 spiro atoms. The molecule has 2 fully saturated rings. The zero-order valence-electron chi connectivity index (χ0n) is 20.5. The van der Waals surface area contributed by atoms with Crippen LogP contribution >= 0.6 is 0 Å². The van der Waals surface area contributed by atoms with Crippen molar-refractivity contribution in [2.75, 3.05) is 64.2 Å². The van der Waals surface area contributed by atoms with Crippen LogP contribution in [0.1, 0.15) is 30.9 Å². The molecule has 0 aliphatic carbocycles. The van der Waals surface area contributed by atoms with Crippen molar-refractivity contribution in [1.29, 1.82) is 0 Å². The molecule has 3 heterocycles. The van der Waals surface area contributed by atoms with Crippen molar-refractivity contribution in [3.63, 3.8) is 0 Å². The van der Waals surface area contributed by atoms with Gasteiger partial charge in [0.15, 0.2) is 17.3 Å². The molecule has 0 radical (unpaired) electrons. The van der Waals surface area contributed by atoms with Gasteiger partial charge in [-0.3, -0.25) is 5.32 Å². The highest BCUT2D eigenvalue weighted by atomic mass is 19.1. The third-order valence-electron chi connectivity index (χ3n) is 7.27. The first-order valence-corrected chi connectivity index (χ1v) is 12.9. The molecule has 7 nitrogen and oxygen atoms in total. The smallest absolute Gasteiger partial charge is 0.197 e. The molecular formula is C27H35F2N3O4. The first kappa shape index (κ1) is 25.2. The molecule has 3 atom stereocenters. The maximum absolute atomic E-state index is 14.6. The molecule has 0 amide bonds. The molecule has 0 unspecified atom stereocenters. The van der Waals surface area contributed by atoms with Crippen LogP contribution in [0.3, 0.4) is 0 Å². The topological polar surface area (TPSA) is 66.4 Å². The lowest BCUT2D eigenvalue weighted by atomic mass is 10.0. The average Bonchev–Trinajstić information content (AvgIpc) is 3.58. The van der Waals surface area contributed by atoms with Gasteiger partial charge in [0, 0.05) is 31.2 Å². The Morgan fingerprint density at radius 1 is 1.06 bits per heavy atom. The number of aliphatic hydroxyl groups is 1. The van der Waals surface area contributed by atoms with Crippen LogP contribution in [-0.4, -0.2) is 75.3 Å². The number of ether oxygens (including phenoxy) is 3. The Kier molecular flexibility index (Phi) is 8.21. The third kappa shape index (κ3) is 6.08. The highest BCUT2D eigenvalue weighted by Gasteiger charge is 2.28. The van der Waals surface area contributed by atoms with E-state index in [4.69, 9.17) is 14.2 Å². The van der Waals surface area contributed by atoms with E-state index in [0.717, 1.165) is 51.1 Å². The van der Waals surface area contributed by atoms with Crippen LogP contribution in [-0.2, 0) is 4.74 Å². The van der Waals surface area contributed by atoms with Gasteiger partial charge in [0.1, 0.15) is 19.0 Å². The molecule has 5 rings (SSSR count). The van der Waals surface area contributed by atoms with Crippen molar-refractivity contribution in [3.8, 4) is 11.5 Å². The molecule has 9 heteroatoms. The van der Waals surface area contributed by atoms with Gasteiger partial charge in [0.2, 0.25) is 0 Å². The van der Waals surface area contributed by atoms with Crippen LogP contribution in [0, 0.1) is 17.6 Å². The Morgan fingerprint density at radius 3 is 2.64 bits per heavy atom. The number of anilines is 1. The summed E-state index contributed by atoms with van der Waals surface area (Å²) >= 11 is 0. The maximum Gasteiger partial charge on any atom is 0.197 e. The minimum absolute atomic E-state index is 0.107. The van der Waals surface area contributed by atoms with Gasteiger partial charge in [0.25, 0.3) is 0 Å². The second-order valence-electron chi connectivity index (χ2n) is 9.88. The minimum Gasteiger partial charge on any atom is -0.486 e. The fourth-order valence-corrected chi connectivity index (χ4v) is 5.30. The Balaban J connectivity index is 1.16. The third-order valence-corrected chi connectivity index (χ3v) is 7.27. The quantitative estimate of drug-likeness (QED) is 0.381. The van der Waals surface area contributed by atoms with Crippen molar-refractivity contribution in [2.24, 2.45) is 5.92 Å². The molecule has 2 saturated heterocycles. The van der Waals surface area contributed by atoms with E-state index in [1.807, 2.05) is 12.1 Å². The number of rotatable bonds is 10. The number of likely N-dealkylation sites (tertiary alicyclic amines) is 1. The van der Waals surface area contributed by atoms with Gasteiger partial charge in [-0.2, -0.15) is 0 Å². The van der Waals surface area contributed by atoms with E-state index < -0.39 is 11.9 Å². The number of hydrogen-bond acceptors (Lipinski definition) is 7. The van der Waals surface area contributed by atoms with Crippen LogP contribution in [0.4, 0.5) is 14.5 Å². The summed E-state index contributed by atoms with van der Waals surface area (Å²) in [7, 11) is 0. The Hall–Kier alpha value is -2.46. The highest BCUT2D eigenvalue weighted by Crippen LogP contribution is 2.36. The van der Waals surface area contributed by atoms with Crippen LogP contribution in [0.25, 0.3) is 0 Å². The fraction of sp³-hybridized carbons (Fsp3) is 0.556. The number of nitrogens with one attached hydrogen (secondary N) is 1. The van der Waals surface area contributed by atoms with E-state index in [1.54, 1.807) is 6.07 Å². The van der Waals surface area contributed by atoms with Gasteiger partial charge >= 0.3 is 0 Å². The monoisotopic (exact) mass is 503 g/mol. The summed E-state index contributed by atoms with van der Waals surface area (Å²) in [6.45, 7) is 5.94. The molecule has 3 aliphatic heterocycles. The summed E-state index contributed by atoms with van der Waals surface area (Å²) in [4.78, 5) is 4.56. The zero-order chi connectivity index (χ0) is 24.9. The zero-order valence-corrected chi connectivity index (χ0v) is 20.5. The molecule has 0 bridgehead atoms. The molecule has 2 aromatic rings. The van der Waals surface area contributed by atoms with E-state index in [1.165, 1.54) is 18.2 Å². The molecule has 0 saturated carbocycles. The summed E-state index contributed by atoms with van der Waals surface area (Å²) in [6, 6.07) is 9.27. The normalized spacial score (nSPS) is 21.6. The average molecular weight is 504 g/mol. The van der Waals surface area contributed by atoms with Crippen molar-refractivity contribution in [3.05, 3.63) is 53.6 Å². The van der Waals surface area contributed by atoms with Crippen molar-refractivity contribution < 1.29 is 28.1 Å². The number of halogens is 2. The Labute approximate surface area is 210 Å². The summed E-state index contributed by atoms with van der Waals surface area (Å²) < 4.78 is 44.7. The van der Waals surface area contributed by atoms with Gasteiger partial charge in [0.05, 0.1) is 25.5 Å². The molecular weight excluding hydrogens is 468 g/mol. The summed E-state index contributed by atoms with van der Waals surface area (Å²) in [5.41, 5.74) is 1.48. The van der Waals surface area contributed by atoms with Crippen LogP contribution in [0.2, 0.25) is 0 Å². The van der Waals surface area contributed by atoms with E-state index in [9.17, 15) is 13.9 Å². The summed E-state index contributed by atoms with van der Waals surface area (Å²) in [6.07, 6.45) is 2.36. The van der Waals surface area contributed by atoms with Crippen LogP contribution < -0.4 is 19.7 Å². The van der Waals surface area contributed by atoms with E-state index in [2.05, 4.69) is 15.1 Å². The van der Waals surface area contributed by atoms with Gasteiger partial charge in [-0.25, -0.2) is 8.78 Å². The predicted molar refractivity (Wildman–Crippen MR) is 132 cm³/mol. The second kappa shape index (κ2) is 11.7. The SMILES string of the molecule is O[C@H](c1cc(F)c2c(c1)OCCO2)[C@@H](CN1CCCC1)NCOC[C@H]1CCN(c2ccc(F)cc2)C1. The van der Waals surface area contributed by atoms with Crippen LogP contribution in [0.15, 0.2) is 36.4 Å². The van der Waals surface area contributed by atoms with Gasteiger partial charge in [-0.15, -0.1) is 0 Å². The molecule has 3 aliphatic rings. The van der Waals surface area contributed by atoms with E-state index in [0.29, 0.717) is 43.6 Å². The van der Waals surface area contributed by atoms with Crippen molar-refractivity contribution >= 4 is 5.69 Å². The number of nitrogens with zero attached hydrogens (tertiary/aromatic N) is 2. The first-order valence-electron chi connectivity index (χ1n) is 12.9. The van der Waals surface area contributed by atoms with Crippen LogP contribution in [0.5, 0.6) is 11.5 Å². The van der Waals surface area contributed by atoms with E-state index in [-0.39, 0.29) is 24.3 Å². The van der Waals surface area contributed by atoms with Gasteiger partial charge in [-0.1, -0.05) is 0 Å². The molecule has 0 aromatic heterocycles. The van der Waals surface area contributed by atoms with Crippen molar-refractivity contribution in [1.82, 2.24) is 10.2 Å². The summed E-state index contributed by atoms with van der Waals surface area (Å²) in [5.74, 6) is 0.0675. The summed E-state index contributed by atoms with van der Waals surface area (Å²) in [5, 5.41) is 14.6. The predicted octanol–water partition coefficient (Wildman–Crippen LogP) is 3.32. The Morgan fingerprint density at radius 2 is 1.83 bits per heavy atom. The maximum atomic E-state index is 14.6. The lowest BCUT2D eigenvalue weighted by molar-refractivity contribution is 0.0468. The molecule has 2 N–H and O–H groups in total. The second-order valence-corrected chi connectivity index (χ2v) is 9.88. The number of aliphatic hydroxyl groups excluding tert-OH is 1. The molecule has 2 aromatic carbocycles. The molecule has 36 heavy (non-hydrogen) atoms. The van der Waals surface area contributed by atoms with Crippen molar-refractivity contribution in [2.45, 2.75) is 31.4 Å². The Bertz CT molecular complexity index is 1000. The van der Waals surface area contributed by atoms with Gasteiger partial charge < -0.3 is 29.1 Å². The number of fused-ring (bicyclic) bond motifs is 1. The van der Waals surface area contributed by atoms with E-state index >= 15 is 0 Å². The molecule has 196 valence electrons. The largest absolute Gasteiger partial charge is 0.486 e. The number of benzene rings is 2. The number of hydrogen-bond donors (Lipinski definition) is 2. The lowest BCUT2D eigenvalue weighted by Gasteiger charge is -2.29. The first-order chi connectivity index (χ1) is 17.6. The highest BCUT2D eigenvalue weighted by molar-refractivity contribution is 5.47. The lowest BCUT2D eigenvalue weighted by Crippen LogP contribution is -2.45. The minimum atomic E-state index is -0.931. The van der Waals surface area contributed by atoms with Gasteiger partial charge in [-0.05, 0) is 74.3 Å². The standard InChI is InChI=1S/C27H35F2N3O4/c28-21-3-5-22(6-4-21)32-10-7-19(15-32)17-34-18-30-24(16-31-8-1-2-9-31)26(33)20-13-23(29)27-25(14-20)35-11-12-36-27/h3-6,13-14,19,24,26,30,33H,1-2,7-12,15-18H2/t19-,24+,26+/m0/s1. The fourth-order valence-electron chi connectivity index (χ4n) is 5.30.